The SMILES string of the molecule is COc1ccc(-c2ccc(CCC(=O)N3CC=C(c4ccccc4)CC3)n2-c2ccc(SC)cc2)cc1. The average molecular weight is 509 g/mol. The second-order valence-corrected chi connectivity index (χ2v) is 10.0. The topological polar surface area (TPSA) is 34.5 Å². The third-order valence-electron chi connectivity index (χ3n) is 6.98. The predicted octanol–water partition coefficient (Wildman–Crippen LogP) is 7.12. The number of methoxy groups -OCH3 is 1. The number of ether oxygens (including phenoxy) is 1. The Kier molecular flexibility index (Phi) is 7.81. The van der Waals surface area contributed by atoms with Crippen LogP contribution in [0.5, 0.6) is 5.75 Å². The first kappa shape index (κ1) is 25.0. The van der Waals surface area contributed by atoms with Gasteiger partial charge in [-0.2, -0.15) is 0 Å². The van der Waals surface area contributed by atoms with Gasteiger partial charge in [0, 0.05) is 35.8 Å². The molecular weight excluding hydrogens is 476 g/mol. The summed E-state index contributed by atoms with van der Waals surface area (Å²) < 4.78 is 7.63. The molecule has 0 unspecified atom stereocenters. The second kappa shape index (κ2) is 11.6. The fraction of sp³-hybridized carbons (Fsp3) is 0.219. The van der Waals surface area contributed by atoms with Gasteiger partial charge in [0.1, 0.15) is 5.75 Å². The number of carbonyl (C=O) groups excluding carboxylic acids is 1. The zero-order chi connectivity index (χ0) is 25.6. The molecular formula is C32H32N2O2S. The maximum Gasteiger partial charge on any atom is 0.223 e. The van der Waals surface area contributed by atoms with Gasteiger partial charge in [-0.1, -0.05) is 36.4 Å². The second-order valence-electron chi connectivity index (χ2n) is 9.16. The molecule has 0 atom stereocenters. The highest BCUT2D eigenvalue weighted by Gasteiger charge is 2.19. The average Bonchev–Trinajstić information content (AvgIpc) is 3.40. The number of rotatable bonds is 8. The first-order valence-electron chi connectivity index (χ1n) is 12.7. The van der Waals surface area contributed by atoms with Gasteiger partial charge in [-0.25, -0.2) is 0 Å². The summed E-state index contributed by atoms with van der Waals surface area (Å²) in [4.78, 5) is 16.4. The zero-order valence-corrected chi connectivity index (χ0v) is 22.2. The minimum Gasteiger partial charge on any atom is -0.497 e. The summed E-state index contributed by atoms with van der Waals surface area (Å²) in [5, 5.41) is 0. The van der Waals surface area contributed by atoms with Gasteiger partial charge in [0.2, 0.25) is 5.91 Å². The lowest BCUT2D eigenvalue weighted by Crippen LogP contribution is -2.34. The Morgan fingerprint density at radius 3 is 2.30 bits per heavy atom. The minimum absolute atomic E-state index is 0.208. The number of amides is 1. The van der Waals surface area contributed by atoms with Crippen LogP contribution in [0, 0.1) is 0 Å². The van der Waals surface area contributed by atoms with Gasteiger partial charge in [-0.05, 0) is 96.5 Å². The van der Waals surface area contributed by atoms with Crippen LogP contribution in [-0.4, -0.2) is 41.8 Å². The summed E-state index contributed by atoms with van der Waals surface area (Å²) in [6.45, 7) is 1.45. The van der Waals surface area contributed by atoms with E-state index in [9.17, 15) is 4.79 Å². The van der Waals surface area contributed by atoms with Crippen molar-refractivity contribution in [2.75, 3.05) is 26.5 Å². The molecule has 1 aromatic heterocycles. The van der Waals surface area contributed by atoms with E-state index in [0.29, 0.717) is 19.4 Å². The Morgan fingerprint density at radius 1 is 0.892 bits per heavy atom. The van der Waals surface area contributed by atoms with Crippen LogP contribution in [0.25, 0.3) is 22.5 Å². The first-order chi connectivity index (χ1) is 18.2. The molecule has 0 saturated heterocycles. The third kappa shape index (κ3) is 5.67. The Hall–Kier alpha value is -3.70. The standard InChI is InChI=1S/C32H32N2O2S/c1-36-29-14-8-26(9-15-29)31-18-12-28(34(31)27-10-16-30(37-2)17-11-27)13-19-32(35)33-22-20-25(21-23-33)24-6-4-3-5-7-24/h3-12,14-18,20H,13,19,21-23H2,1-2H3. The molecule has 4 aromatic rings. The van der Waals surface area contributed by atoms with Crippen molar-refractivity contribution >= 4 is 23.2 Å². The van der Waals surface area contributed by atoms with Crippen molar-refractivity contribution in [1.29, 1.82) is 0 Å². The fourth-order valence-corrected chi connectivity index (χ4v) is 5.31. The summed E-state index contributed by atoms with van der Waals surface area (Å²) >= 11 is 1.73. The van der Waals surface area contributed by atoms with Crippen molar-refractivity contribution in [3.63, 3.8) is 0 Å². The van der Waals surface area contributed by atoms with E-state index in [1.807, 2.05) is 23.1 Å². The quantitative estimate of drug-likeness (QED) is 0.238. The van der Waals surface area contributed by atoms with Gasteiger partial charge in [-0.3, -0.25) is 4.79 Å². The van der Waals surface area contributed by atoms with Crippen molar-refractivity contribution < 1.29 is 9.53 Å². The number of aryl methyl sites for hydroxylation is 1. The van der Waals surface area contributed by atoms with E-state index in [-0.39, 0.29) is 5.91 Å². The van der Waals surface area contributed by atoms with Crippen LogP contribution in [0.3, 0.4) is 0 Å². The van der Waals surface area contributed by atoms with Crippen LogP contribution in [0.1, 0.15) is 24.1 Å². The first-order valence-corrected chi connectivity index (χ1v) is 13.9. The number of carbonyl (C=O) groups is 1. The fourth-order valence-electron chi connectivity index (χ4n) is 4.90. The van der Waals surface area contributed by atoms with Crippen LogP contribution in [0.4, 0.5) is 0 Å². The van der Waals surface area contributed by atoms with Crippen LogP contribution in [0.2, 0.25) is 0 Å². The highest BCUT2D eigenvalue weighted by atomic mass is 32.2. The molecule has 1 aliphatic rings. The molecule has 0 saturated carbocycles. The van der Waals surface area contributed by atoms with Crippen LogP contribution in [-0.2, 0) is 11.2 Å². The van der Waals surface area contributed by atoms with E-state index in [4.69, 9.17) is 4.74 Å². The Morgan fingerprint density at radius 2 is 1.65 bits per heavy atom. The van der Waals surface area contributed by atoms with E-state index in [2.05, 4.69) is 89.7 Å². The zero-order valence-electron chi connectivity index (χ0n) is 21.4. The van der Waals surface area contributed by atoms with Crippen LogP contribution >= 0.6 is 11.8 Å². The Bertz CT molecular complexity index is 1370. The van der Waals surface area contributed by atoms with Gasteiger partial charge >= 0.3 is 0 Å². The molecule has 0 radical (unpaired) electrons. The maximum atomic E-state index is 13.2. The largest absolute Gasteiger partial charge is 0.497 e. The van der Waals surface area contributed by atoms with Crippen molar-refractivity contribution in [3.8, 4) is 22.7 Å². The normalized spacial score (nSPS) is 13.4. The Labute approximate surface area is 223 Å². The molecule has 4 nitrogen and oxygen atoms in total. The lowest BCUT2D eigenvalue weighted by Gasteiger charge is -2.27. The molecule has 0 aliphatic carbocycles. The molecule has 3 aromatic carbocycles. The predicted molar refractivity (Wildman–Crippen MR) is 153 cm³/mol. The molecule has 5 heteroatoms. The van der Waals surface area contributed by atoms with Crippen molar-refractivity contribution in [2.24, 2.45) is 0 Å². The minimum atomic E-state index is 0.208. The van der Waals surface area contributed by atoms with E-state index >= 15 is 0 Å². The summed E-state index contributed by atoms with van der Waals surface area (Å²) in [5.74, 6) is 1.04. The number of thioether (sulfide) groups is 1. The van der Waals surface area contributed by atoms with Gasteiger partial charge in [0.05, 0.1) is 12.8 Å². The van der Waals surface area contributed by atoms with Gasteiger partial charge in [0.25, 0.3) is 0 Å². The molecule has 1 amide bonds. The number of benzene rings is 3. The van der Waals surface area contributed by atoms with E-state index in [0.717, 1.165) is 41.4 Å². The number of hydrogen-bond acceptors (Lipinski definition) is 3. The lowest BCUT2D eigenvalue weighted by atomic mass is 9.99. The summed E-state index contributed by atoms with van der Waals surface area (Å²) in [6.07, 6.45) is 6.36. The third-order valence-corrected chi connectivity index (χ3v) is 7.72. The van der Waals surface area contributed by atoms with Crippen molar-refractivity contribution in [3.05, 3.63) is 108 Å². The number of hydrogen-bond donors (Lipinski definition) is 0. The maximum absolute atomic E-state index is 13.2. The van der Waals surface area contributed by atoms with Crippen LogP contribution in [0.15, 0.2) is 102 Å². The van der Waals surface area contributed by atoms with Crippen molar-refractivity contribution in [2.45, 2.75) is 24.2 Å². The molecule has 0 fully saturated rings. The van der Waals surface area contributed by atoms with Gasteiger partial charge < -0.3 is 14.2 Å². The van der Waals surface area contributed by atoms with E-state index in [1.165, 1.54) is 16.0 Å². The smallest absolute Gasteiger partial charge is 0.223 e. The van der Waals surface area contributed by atoms with E-state index < -0.39 is 0 Å². The summed E-state index contributed by atoms with van der Waals surface area (Å²) in [7, 11) is 1.68. The number of aromatic nitrogens is 1. The molecule has 1 aliphatic heterocycles. The molecule has 5 rings (SSSR count). The lowest BCUT2D eigenvalue weighted by molar-refractivity contribution is -0.130. The Balaban J connectivity index is 1.35. The molecule has 188 valence electrons. The summed E-state index contributed by atoms with van der Waals surface area (Å²) in [5.41, 5.74) is 7.04. The highest BCUT2D eigenvalue weighted by molar-refractivity contribution is 7.98. The molecule has 0 bridgehead atoms. The molecule has 0 N–H and O–H groups in total. The van der Waals surface area contributed by atoms with Gasteiger partial charge in [0.15, 0.2) is 0 Å². The molecule has 2 heterocycles. The monoisotopic (exact) mass is 508 g/mol. The van der Waals surface area contributed by atoms with Crippen LogP contribution < -0.4 is 4.74 Å². The van der Waals surface area contributed by atoms with Gasteiger partial charge in [-0.15, -0.1) is 11.8 Å². The number of nitrogens with zero attached hydrogens (tertiary/aromatic N) is 2. The van der Waals surface area contributed by atoms with Crippen molar-refractivity contribution in [1.82, 2.24) is 9.47 Å². The highest BCUT2D eigenvalue weighted by Crippen LogP contribution is 2.30. The molecule has 0 spiro atoms. The molecule has 37 heavy (non-hydrogen) atoms. The van der Waals surface area contributed by atoms with E-state index in [1.54, 1.807) is 18.9 Å². The summed E-state index contributed by atoms with van der Waals surface area (Å²) in [6, 6.07) is 31.5.